The Hall–Kier alpha value is -1.63. The first-order valence-electron chi connectivity index (χ1n) is 8.01. The van der Waals surface area contributed by atoms with Crippen molar-refractivity contribution in [3.8, 4) is 0 Å². The van der Waals surface area contributed by atoms with Gasteiger partial charge < -0.3 is 21.1 Å². The molecule has 0 bridgehead atoms. The number of anilines is 1. The van der Waals surface area contributed by atoms with Crippen LogP contribution in [-0.2, 0) is 20.9 Å². The van der Waals surface area contributed by atoms with Gasteiger partial charge >= 0.3 is 0 Å². The van der Waals surface area contributed by atoms with Gasteiger partial charge in [0.25, 0.3) is 0 Å². The predicted octanol–water partition coefficient (Wildman–Crippen LogP) is 1.83. The maximum Gasteiger partial charge on any atom is 0.227 e. The van der Waals surface area contributed by atoms with Crippen LogP contribution in [0, 0.1) is 5.92 Å². The number of halogens is 1. The van der Waals surface area contributed by atoms with E-state index in [1.54, 1.807) is 7.11 Å². The number of hydrogen-bond acceptors (Lipinski definition) is 4. The molecule has 24 heavy (non-hydrogen) atoms. The number of methoxy groups -OCH3 is 1. The number of nitrogens with one attached hydrogen (secondary N) is 2. The van der Waals surface area contributed by atoms with Gasteiger partial charge in [-0.2, -0.15) is 0 Å². The van der Waals surface area contributed by atoms with Crippen LogP contribution >= 0.6 is 12.4 Å². The van der Waals surface area contributed by atoms with E-state index in [0.717, 1.165) is 30.5 Å². The lowest BCUT2D eigenvalue weighted by molar-refractivity contribution is -0.123. The normalized spacial score (nSPS) is 14.9. The maximum absolute atomic E-state index is 12.0. The number of carbonyl (C=O) groups excluding carboxylic acids is 2. The topological polar surface area (TPSA) is 93.4 Å². The zero-order valence-electron chi connectivity index (χ0n) is 13.9. The number of hydrogen-bond donors (Lipinski definition) is 3. The molecule has 1 saturated carbocycles. The van der Waals surface area contributed by atoms with Gasteiger partial charge in [0.1, 0.15) is 0 Å². The highest BCUT2D eigenvalue weighted by Crippen LogP contribution is 2.27. The molecule has 1 aromatic carbocycles. The minimum Gasteiger partial charge on any atom is -0.380 e. The van der Waals surface area contributed by atoms with Gasteiger partial charge in [0.05, 0.1) is 12.5 Å². The number of nitrogens with two attached hydrogens (primary N) is 1. The highest BCUT2D eigenvalue weighted by molar-refractivity contribution is 5.93. The first-order chi connectivity index (χ1) is 11.1. The summed E-state index contributed by atoms with van der Waals surface area (Å²) in [4.78, 5) is 23.8. The van der Waals surface area contributed by atoms with E-state index in [2.05, 4.69) is 10.6 Å². The maximum atomic E-state index is 12.0. The molecule has 0 radical (unpaired) electrons. The van der Waals surface area contributed by atoms with Crippen LogP contribution in [0.1, 0.15) is 31.2 Å². The highest BCUT2D eigenvalue weighted by Gasteiger charge is 2.25. The van der Waals surface area contributed by atoms with Crippen molar-refractivity contribution < 1.29 is 14.3 Å². The van der Waals surface area contributed by atoms with E-state index in [9.17, 15) is 9.59 Å². The van der Waals surface area contributed by atoms with Gasteiger partial charge in [-0.1, -0.05) is 18.6 Å². The molecule has 0 aliphatic heterocycles. The molecule has 0 heterocycles. The lowest BCUT2D eigenvalue weighted by atomic mass is 9.85. The second-order valence-electron chi connectivity index (χ2n) is 5.89. The van der Waals surface area contributed by atoms with Crippen molar-refractivity contribution in [3.05, 3.63) is 29.8 Å². The zero-order valence-corrected chi connectivity index (χ0v) is 14.7. The van der Waals surface area contributed by atoms with E-state index in [1.807, 2.05) is 24.3 Å². The molecule has 1 unspecified atom stereocenters. The fourth-order valence-corrected chi connectivity index (χ4v) is 2.42. The van der Waals surface area contributed by atoms with Gasteiger partial charge in [0.15, 0.2) is 0 Å². The molecule has 1 aromatic rings. The fourth-order valence-electron chi connectivity index (χ4n) is 2.42. The Labute approximate surface area is 148 Å². The average molecular weight is 356 g/mol. The lowest BCUT2D eigenvalue weighted by Gasteiger charge is -2.24. The summed E-state index contributed by atoms with van der Waals surface area (Å²) in [7, 11) is 1.54. The summed E-state index contributed by atoms with van der Waals surface area (Å²) >= 11 is 0. The predicted molar refractivity (Wildman–Crippen MR) is 96.0 cm³/mol. The van der Waals surface area contributed by atoms with Crippen LogP contribution in [0.4, 0.5) is 5.69 Å². The number of benzene rings is 1. The van der Waals surface area contributed by atoms with E-state index in [1.165, 1.54) is 0 Å². The third kappa shape index (κ3) is 6.11. The van der Waals surface area contributed by atoms with Crippen LogP contribution in [-0.4, -0.2) is 31.6 Å². The smallest absolute Gasteiger partial charge is 0.227 e. The largest absolute Gasteiger partial charge is 0.380 e. The van der Waals surface area contributed by atoms with Crippen molar-refractivity contribution in [2.75, 3.05) is 19.0 Å². The van der Waals surface area contributed by atoms with Gasteiger partial charge in [-0.05, 0) is 30.5 Å². The molecule has 1 aliphatic rings. The minimum absolute atomic E-state index is 0. The van der Waals surface area contributed by atoms with Crippen LogP contribution < -0.4 is 16.4 Å². The van der Waals surface area contributed by atoms with E-state index in [4.69, 9.17) is 10.5 Å². The van der Waals surface area contributed by atoms with Gasteiger partial charge in [-0.25, -0.2) is 0 Å². The molecule has 2 amide bonds. The number of rotatable bonds is 8. The van der Waals surface area contributed by atoms with Crippen LogP contribution in [0.2, 0.25) is 0 Å². The third-order valence-corrected chi connectivity index (χ3v) is 4.17. The van der Waals surface area contributed by atoms with Crippen LogP contribution in [0.25, 0.3) is 0 Å². The third-order valence-electron chi connectivity index (χ3n) is 4.17. The number of amides is 2. The van der Waals surface area contributed by atoms with Gasteiger partial charge in [0.2, 0.25) is 11.8 Å². The average Bonchev–Trinajstić information content (AvgIpc) is 2.49. The molecule has 0 aromatic heterocycles. The molecule has 0 saturated heterocycles. The highest BCUT2D eigenvalue weighted by atomic mass is 35.5. The fraction of sp³-hybridized carbons (Fsp3) is 0.529. The van der Waals surface area contributed by atoms with Gasteiger partial charge in [-0.3, -0.25) is 9.59 Å². The lowest BCUT2D eigenvalue weighted by Crippen LogP contribution is -2.32. The van der Waals surface area contributed by atoms with Crippen molar-refractivity contribution >= 4 is 29.9 Å². The van der Waals surface area contributed by atoms with Crippen molar-refractivity contribution in [3.63, 3.8) is 0 Å². The Kier molecular flexibility index (Phi) is 8.74. The molecule has 1 atom stereocenters. The van der Waals surface area contributed by atoms with E-state index < -0.39 is 0 Å². The molecule has 1 aliphatic carbocycles. The van der Waals surface area contributed by atoms with Gasteiger partial charge in [0, 0.05) is 31.8 Å². The van der Waals surface area contributed by atoms with E-state index in [-0.39, 0.29) is 42.7 Å². The Morgan fingerprint density at radius 3 is 2.71 bits per heavy atom. The molecule has 7 heteroatoms. The van der Waals surface area contributed by atoms with E-state index in [0.29, 0.717) is 13.1 Å². The molecule has 2 rings (SSSR count). The summed E-state index contributed by atoms with van der Waals surface area (Å²) in [5.41, 5.74) is 7.21. The zero-order chi connectivity index (χ0) is 16.7. The van der Waals surface area contributed by atoms with Gasteiger partial charge in [-0.15, -0.1) is 12.4 Å². The summed E-state index contributed by atoms with van der Waals surface area (Å²) in [6.07, 6.45) is 3.07. The Morgan fingerprint density at radius 2 is 2.12 bits per heavy atom. The molecular weight excluding hydrogens is 330 g/mol. The van der Waals surface area contributed by atoms with Crippen LogP contribution in [0.5, 0.6) is 0 Å². The molecule has 4 N–H and O–H groups in total. The first kappa shape index (κ1) is 20.4. The van der Waals surface area contributed by atoms with Crippen molar-refractivity contribution in [1.29, 1.82) is 0 Å². The molecular formula is C17H26ClN3O3. The molecule has 6 nitrogen and oxygen atoms in total. The molecule has 1 fully saturated rings. The Balaban J connectivity index is 0.00000288. The van der Waals surface area contributed by atoms with Crippen LogP contribution in [0.15, 0.2) is 24.3 Å². The second-order valence-corrected chi connectivity index (χ2v) is 5.89. The summed E-state index contributed by atoms with van der Waals surface area (Å²) in [6.45, 7) is 0.722. The minimum atomic E-state index is -0.261. The monoisotopic (exact) mass is 355 g/mol. The summed E-state index contributed by atoms with van der Waals surface area (Å²) < 4.78 is 5.09. The Morgan fingerprint density at radius 1 is 1.38 bits per heavy atom. The molecule has 0 spiro atoms. The number of carbonyl (C=O) groups is 2. The first-order valence-corrected chi connectivity index (χ1v) is 8.01. The van der Waals surface area contributed by atoms with E-state index >= 15 is 0 Å². The second kappa shape index (κ2) is 10.3. The molecule has 134 valence electrons. The Bertz CT molecular complexity index is 546. The summed E-state index contributed by atoms with van der Waals surface area (Å²) in [6, 6.07) is 7.52. The summed E-state index contributed by atoms with van der Waals surface area (Å²) in [5, 5.41) is 5.77. The SMILES string of the molecule is COC(CN)CC(=O)NCc1cccc(NC(=O)C2CCC2)c1.Cl. The number of ether oxygens (including phenoxy) is 1. The van der Waals surface area contributed by atoms with Crippen molar-refractivity contribution in [2.45, 2.75) is 38.3 Å². The summed E-state index contributed by atoms with van der Waals surface area (Å²) in [5.74, 6) is 0.134. The van der Waals surface area contributed by atoms with Crippen molar-refractivity contribution in [2.24, 2.45) is 11.7 Å². The quantitative estimate of drug-likeness (QED) is 0.663. The van der Waals surface area contributed by atoms with Crippen molar-refractivity contribution in [1.82, 2.24) is 5.32 Å². The standard InChI is InChI=1S/C17H25N3O3.ClH/c1-23-15(10-18)9-16(21)19-11-12-4-2-7-14(8-12)20-17(22)13-5-3-6-13;/h2,4,7-8,13,15H,3,5-6,9-11,18H2,1H3,(H,19,21)(H,20,22);1H. The van der Waals surface area contributed by atoms with Crippen LogP contribution in [0.3, 0.4) is 0 Å².